The van der Waals surface area contributed by atoms with Gasteiger partial charge in [-0.05, 0) is 42.5 Å². The molecule has 0 radical (unpaired) electrons. The maximum atomic E-state index is 5.01. The number of hydrogen-bond donors (Lipinski definition) is 0. The summed E-state index contributed by atoms with van der Waals surface area (Å²) in [6, 6.07) is 38.5. The number of hydrogen-bond acceptors (Lipinski definition) is 3. The standard InChI is InChI=1S/C35H21N5/c1-2-10-22(11-3-1)39-28-16-6-5-13-24(28)32-33-25(14-9-19-37-33)31-23-12-4-7-17-29(23)40(34(31)35(32)39)30-18-8-15-27-26(30)20-36-21-38-27/h1-21H. The molecule has 5 nitrogen and oxygen atoms in total. The molecule has 0 fully saturated rings. The molecular formula is C35H21N5. The van der Waals surface area contributed by atoms with Gasteiger partial charge >= 0.3 is 0 Å². The molecule has 0 atom stereocenters. The first-order chi connectivity index (χ1) is 19.9. The van der Waals surface area contributed by atoms with E-state index in [2.05, 4.69) is 116 Å². The van der Waals surface area contributed by atoms with Crippen molar-refractivity contribution in [2.24, 2.45) is 0 Å². The van der Waals surface area contributed by atoms with Crippen molar-refractivity contribution >= 4 is 65.4 Å². The van der Waals surface area contributed by atoms with Crippen LogP contribution in [0.2, 0.25) is 0 Å². The minimum atomic E-state index is 0.917. The SMILES string of the molecule is c1ccc(-n2c3ccccc3c3c4ncccc4c4c5ccccc5n(-c5cccc6ncncc56)c4c32)cc1. The lowest BCUT2D eigenvalue weighted by Gasteiger charge is -2.14. The molecule has 4 heterocycles. The molecule has 0 bridgehead atoms. The maximum Gasteiger partial charge on any atom is 0.116 e. The Morgan fingerprint density at radius 1 is 0.500 bits per heavy atom. The van der Waals surface area contributed by atoms with Gasteiger partial charge in [0.2, 0.25) is 0 Å². The molecule has 4 aromatic heterocycles. The molecule has 0 aliphatic heterocycles. The van der Waals surface area contributed by atoms with Gasteiger partial charge in [0.25, 0.3) is 0 Å². The Bertz CT molecular complexity index is 2430. The normalized spacial score (nSPS) is 12.0. The second-order valence-electron chi connectivity index (χ2n) is 10.1. The van der Waals surface area contributed by atoms with E-state index in [0.717, 1.165) is 60.6 Å². The molecule has 186 valence electrons. The third-order valence-electron chi connectivity index (χ3n) is 8.07. The number of para-hydroxylation sites is 3. The summed E-state index contributed by atoms with van der Waals surface area (Å²) in [4.78, 5) is 14.0. The minimum absolute atomic E-state index is 0.917. The highest BCUT2D eigenvalue weighted by atomic mass is 15.0. The van der Waals surface area contributed by atoms with Crippen molar-refractivity contribution in [3.05, 3.63) is 128 Å². The van der Waals surface area contributed by atoms with Crippen molar-refractivity contribution in [1.82, 2.24) is 24.1 Å². The third kappa shape index (κ3) is 2.73. The summed E-state index contributed by atoms with van der Waals surface area (Å²) in [6.07, 6.45) is 5.44. The lowest BCUT2D eigenvalue weighted by molar-refractivity contribution is 1.15. The lowest BCUT2D eigenvalue weighted by atomic mass is 10.0. The smallest absolute Gasteiger partial charge is 0.116 e. The zero-order valence-corrected chi connectivity index (χ0v) is 21.4. The van der Waals surface area contributed by atoms with Crippen LogP contribution in [0.1, 0.15) is 0 Å². The fourth-order valence-electron chi connectivity index (χ4n) is 6.53. The molecule has 0 N–H and O–H groups in total. The van der Waals surface area contributed by atoms with Crippen LogP contribution < -0.4 is 0 Å². The zero-order chi connectivity index (χ0) is 26.2. The molecule has 0 amide bonds. The first kappa shape index (κ1) is 21.4. The van der Waals surface area contributed by atoms with Crippen molar-refractivity contribution in [2.75, 3.05) is 0 Å². The lowest BCUT2D eigenvalue weighted by Crippen LogP contribution is -2.00. The summed E-state index contributed by atoms with van der Waals surface area (Å²) in [7, 11) is 0. The van der Waals surface area contributed by atoms with Crippen LogP contribution >= 0.6 is 0 Å². The first-order valence-electron chi connectivity index (χ1n) is 13.4. The molecular weight excluding hydrogens is 490 g/mol. The Kier molecular flexibility index (Phi) is 4.27. The van der Waals surface area contributed by atoms with Gasteiger partial charge in [-0.1, -0.05) is 66.7 Å². The Morgan fingerprint density at radius 2 is 1.20 bits per heavy atom. The fourth-order valence-corrected chi connectivity index (χ4v) is 6.53. The van der Waals surface area contributed by atoms with Gasteiger partial charge in [0.15, 0.2) is 0 Å². The van der Waals surface area contributed by atoms with E-state index in [-0.39, 0.29) is 0 Å². The van der Waals surface area contributed by atoms with Crippen LogP contribution in [0.5, 0.6) is 0 Å². The molecule has 5 heteroatoms. The predicted octanol–water partition coefficient (Wildman–Crippen LogP) is 8.37. The average Bonchev–Trinajstić information content (AvgIpc) is 3.55. The third-order valence-corrected chi connectivity index (χ3v) is 8.07. The highest BCUT2D eigenvalue weighted by Gasteiger charge is 2.25. The van der Waals surface area contributed by atoms with Crippen LogP contribution in [0.4, 0.5) is 0 Å². The van der Waals surface area contributed by atoms with E-state index in [9.17, 15) is 0 Å². The predicted molar refractivity (Wildman–Crippen MR) is 164 cm³/mol. The highest BCUT2D eigenvalue weighted by molar-refractivity contribution is 6.35. The van der Waals surface area contributed by atoms with E-state index in [1.54, 1.807) is 6.33 Å². The summed E-state index contributed by atoms with van der Waals surface area (Å²) >= 11 is 0. The van der Waals surface area contributed by atoms with E-state index >= 15 is 0 Å². The summed E-state index contributed by atoms with van der Waals surface area (Å²) < 4.78 is 4.81. The fraction of sp³-hybridized carbons (Fsp3) is 0. The van der Waals surface area contributed by atoms with Gasteiger partial charge in [0.1, 0.15) is 6.33 Å². The van der Waals surface area contributed by atoms with Crippen LogP contribution in [0, 0.1) is 0 Å². The van der Waals surface area contributed by atoms with Gasteiger partial charge in [-0.3, -0.25) is 4.98 Å². The van der Waals surface area contributed by atoms with Crippen LogP contribution in [0.25, 0.3) is 76.8 Å². The monoisotopic (exact) mass is 511 g/mol. The number of nitrogens with zero attached hydrogens (tertiary/aromatic N) is 5. The van der Waals surface area contributed by atoms with Crippen LogP contribution in [0.15, 0.2) is 128 Å². The zero-order valence-electron chi connectivity index (χ0n) is 21.4. The Hall–Kier alpha value is -5.55. The van der Waals surface area contributed by atoms with E-state index < -0.39 is 0 Å². The molecule has 9 aromatic rings. The summed E-state index contributed by atoms with van der Waals surface area (Å²) in [6.45, 7) is 0. The average molecular weight is 512 g/mol. The van der Waals surface area contributed by atoms with Crippen molar-refractivity contribution in [3.8, 4) is 11.4 Å². The number of aromatic nitrogens is 5. The molecule has 0 unspecified atom stereocenters. The van der Waals surface area contributed by atoms with E-state index in [1.165, 1.54) is 16.2 Å². The molecule has 0 saturated heterocycles. The topological polar surface area (TPSA) is 48.5 Å². The molecule has 40 heavy (non-hydrogen) atoms. The minimum Gasteiger partial charge on any atom is -0.307 e. The molecule has 0 aliphatic rings. The largest absolute Gasteiger partial charge is 0.307 e. The van der Waals surface area contributed by atoms with Crippen molar-refractivity contribution < 1.29 is 0 Å². The quantitative estimate of drug-likeness (QED) is 0.234. The second-order valence-corrected chi connectivity index (χ2v) is 10.1. The van der Waals surface area contributed by atoms with E-state index in [1.807, 2.05) is 24.5 Å². The van der Waals surface area contributed by atoms with Crippen LogP contribution in [0.3, 0.4) is 0 Å². The number of pyridine rings is 1. The van der Waals surface area contributed by atoms with Gasteiger partial charge in [-0.2, -0.15) is 0 Å². The molecule has 9 rings (SSSR count). The van der Waals surface area contributed by atoms with E-state index in [0.29, 0.717) is 0 Å². The molecule has 5 aromatic carbocycles. The second kappa shape index (κ2) is 7.98. The highest BCUT2D eigenvalue weighted by Crippen LogP contribution is 2.46. The summed E-state index contributed by atoms with van der Waals surface area (Å²) in [5.74, 6) is 0. The van der Waals surface area contributed by atoms with Gasteiger partial charge in [-0.25, -0.2) is 9.97 Å². The number of benzene rings is 5. The molecule has 0 spiro atoms. The van der Waals surface area contributed by atoms with Crippen molar-refractivity contribution in [2.45, 2.75) is 0 Å². The number of fused-ring (bicyclic) bond motifs is 11. The van der Waals surface area contributed by atoms with Gasteiger partial charge in [0.05, 0.1) is 38.8 Å². The Labute approximate surface area is 228 Å². The number of rotatable bonds is 2. The summed E-state index contributed by atoms with van der Waals surface area (Å²) in [5.41, 5.74) is 8.67. The van der Waals surface area contributed by atoms with Gasteiger partial charge < -0.3 is 9.13 Å². The van der Waals surface area contributed by atoms with Crippen molar-refractivity contribution in [3.63, 3.8) is 0 Å². The van der Waals surface area contributed by atoms with Crippen molar-refractivity contribution in [1.29, 1.82) is 0 Å². The van der Waals surface area contributed by atoms with Crippen LogP contribution in [-0.2, 0) is 0 Å². The van der Waals surface area contributed by atoms with E-state index in [4.69, 9.17) is 4.98 Å². The molecule has 0 aliphatic carbocycles. The first-order valence-corrected chi connectivity index (χ1v) is 13.4. The van der Waals surface area contributed by atoms with Gasteiger partial charge in [-0.15, -0.1) is 0 Å². The summed E-state index contributed by atoms with van der Waals surface area (Å²) in [5, 5.41) is 6.88. The van der Waals surface area contributed by atoms with Gasteiger partial charge in [0, 0.05) is 50.4 Å². The maximum absolute atomic E-state index is 5.01. The Morgan fingerprint density at radius 3 is 2.05 bits per heavy atom. The Balaban J connectivity index is 1.67. The van der Waals surface area contributed by atoms with Crippen LogP contribution in [-0.4, -0.2) is 24.1 Å². The molecule has 0 saturated carbocycles.